The first-order chi connectivity index (χ1) is 11.7. The van der Waals surface area contributed by atoms with Crippen molar-refractivity contribution < 1.29 is 9.90 Å². The lowest BCUT2D eigenvalue weighted by atomic mass is 10.2. The number of aliphatic hydroxyl groups excluding tert-OH is 1. The van der Waals surface area contributed by atoms with Crippen LogP contribution in [0.2, 0.25) is 0 Å². The Morgan fingerprint density at radius 3 is 3.04 bits per heavy atom. The predicted octanol–water partition coefficient (Wildman–Crippen LogP) is 0.663. The van der Waals surface area contributed by atoms with Gasteiger partial charge in [0.1, 0.15) is 5.69 Å². The van der Waals surface area contributed by atoms with Gasteiger partial charge in [-0.25, -0.2) is 0 Å². The van der Waals surface area contributed by atoms with Crippen LogP contribution in [0.25, 0.3) is 0 Å². The van der Waals surface area contributed by atoms with Crippen molar-refractivity contribution in [3.8, 4) is 0 Å². The standard InChI is InChI=1S/C17H23N5O2/c1-2-7-22-10-13(8-19-22)9-21-11-15(16(23)12-21)20-17(24)14-5-3-4-6-18-14/h3-6,8,10,15-16,23H,2,7,9,11-12H2,1H3,(H,20,24)/t15-,16-/m1/s1. The van der Waals surface area contributed by atoms with Gasteiger partial charge in [0, 0.05) is 44.1 Å². The first-order valence-corrected chi connectivity index (χ1v) is 8.29. The molecular weight excluding hydrogens is 306 g/mol. The lowest BCUT2D eigenvalue weighted by Gasteiger charge is -2.16. The van der Waals surface area contributed by atoms with E-state index in [0.29, 0.717) is 18.8 Å². The van der Waals surface area contributed by atoms with E-state index in [-0.39, 0.29) is 11.9 Å². The van der Waals surface area contributed by atoms with Crippen LogP contribution in [0, 0.1) is 0 Å². The highest BCUT2D eigenvalue weighted by Crippen LogP contribution is 2.14. The fraction of sp³-hybridized carbons (Fsp3) is 0.471. The van der Waals surface area contributed by atoms with Crippen molar-refractivity contribution in [1.29, 1.82) is 0 Å². The van der Waals surface area contributed by atoms with Crippen molar-refractivity contribution in [3.05, 3.63) is 48.0 Å². The van der Waals surface area contributed by atoms with Gasteiger partial charge >= 0.3 is 0 Å². The molecule has 3 rings (SSSR count). The molecule has 0 aromatic carbocycles. The summed E-state index contributed by atoms with van der Waals surface area (Å²) in [5.41, 5.74) is 1.48. The first kappa shape index (κ1) is 16.6. The van der Waals surface area contributed by atoms with Gasteiger partial charge in [0.25, 0.3) is 5.91 Å². The molecular formula is C17H23N5O2. The number of amides is 1. The Hall–Kier alpha value is -2.25. The molecule has 1 aliphatic rings. The van der Waals surface area contributed by atoms with Gasteiger partial charge < -0.3 is 10.4 Å². The zero-order valence-electron chi connectivity index (χ0n) is 13.8. The van der Waals surface area contributed by atoms with Crippen LogP contribution in [0.4, 0.5) is 0 Å². The summed E-state index contributed by atoms with van der Waals surface area (Å²) in [7, 11) is 0. The molecule has 2 atom stereocenters. The first-order valence-electron chi connectivity index (χ1n) is 8.29. The average Bonchev–Trinajstić information content (AvgIpc) is 3.16. The average molecular weight is 329 g/mol. The minimum absolute atomic E-state index is 0.253. The number of nitrogens with one attached hydrogen (secondary N) is 1. The van der Waals surface area contributed by atoms with Crippen LogP contribution < -0.4 is 5.32 Å². The van der Waals surface area contributed by atoms with Gasteiger partial charge in [-0.3, -0.25) is 19.4 Å². The van der Waals surface area contributed by atoms with E-state index in [1.54, 1.807) is 24.4 Å². The molecule has 0 unspecified atom stereocenters. The summed E-state index contributed by atoms with van der Waals surface area (Å²) in [4.78, 5) is 18.3. The summed E-state index contributed by atoms with van der Waals surface area (Å²) < 4.78 is 1.93. The molecule has 7 nitrogen and oxygen atoms in total. The van der Waals surface area contributed by atoms with Gasteiger partial charge in [-0.2, -0.15) is 5.10 Å². The molecule has 2 aromatic heterocycles. The summed E-state index contributed by atoms with van der Waals surface area (Å²) in [5.74, 6) is -0.253. The van der Waals surface area contributed by atoms with E-state index < -0.39 is 6.10 Å². The summed E-state index contributed by atoms with van der Waals surface area (Å²) in [6.07, 6.45) is 5.95. The lowest BCUT2D eigenvalue weighted by molar-refractivity contribution is 0.0883. The normalized spacial score (nSPS) is 21.1. The topological polar surface area (TPSA) is 83.3 Å². The van der Waals surface area contributed by atoms with E-state index in [1.807, 2.05) is 17.1 Å². The third-order valence-corrected chi connectivity index (χ3v) is 4.12. The molecule has 1 aliphatic heterocycles. The van der Waals surface area contributed by atoms with E-state index in [4.69, 9.17) is 0 Å². The second kappa shape index (κ2) is 7.55. The van der Waals surface area contributed by atoms with Crippen LogP contribution in [0.3, 0.4) is 0 Å². The number of β-amino-alcohol motifs (C(OH)–C–C–N with tert-alkyl or cyclic N) is 1. The maximum absolute atomic E-state index is 12.2. The number of aromatic nitrogens is 3. The summed E-state index contributed by atoms with van der Waals surface area (Å²) in [6, 6.07) is 4.91. The van der Waals surface area contributed by atoms with Crippen molar-refractivity contribution in [1.82, 2.24) is 25.0 Å². The van der Waals surface area contributed by atoms with E-state index in [2.05, 4.69) is 27.2 Å². The minimum Gasteiger partial charge on any atom is -0.390 e. The van der Waals surface area contributed by atoms with E-state index >= 15 is 0 Å². The number of aryl methyl sites for hydroxylation is 1. The van der Waals surface area contributed by atoms with E-state index in [1.165, 1.54) is 0 Å². The fourth-order valence-electron chi connectivity index (χ4n) is 2.97. The molecule has 0 radical (unpaired) electrons. The molecule has 1 amide bonds. The molecule has 3 heterocycles. The molecule has 1 saturated heterocycles. The highest BCUT2D eigenvalue weighted by Gasteiger charge is 2.32. The smallest absolute Gasteiger partial charge is 0.270 e. The van der Waals surface area contributed by atoms with Gasteiger partial charge in [-0.05, 0) is 18.6 Å². The van der Waals surface area contributed by atoms with Gasteiger partial charge in [-0.1, -0.05) is 13.0 Å². The largest absolute Gasteiger partial charge is 0.390 e. The second-order valence-electron chi connectivity index (χ2n) is 6.17. The number of carbonyl (C=O) groups excluding carboxylic acids is 1. The van der Waals surface area contributed by atoms with E-state index in [9.17, 15) is 9.90 Å². The highest BCUT2D eigenvalue weighted by atomic mass is 16.3. The SMILES string of the molecule is CCCn1cc(CN2C[C@@H](O)[C@H](NC(=O)c3ccccn3)C2)cn1. The molecule has 7 heteroatoms. The molecule has 2 N–H and O–H groups in total. The molecule has 0 saturated carbocycles. The van der Waals surface area contributed by atoms with Crippen LogP contribution >= 0.6 is 0 Å². The van der Waals surface area contributed by atoms with Crippen LogP contribution in [0.15, 0.2) is 36.8 Å². The van der Waals surface area contributed by atoms with Gasteiger partial charge in [0.2, 0.25) is 0 Å². The molecule has 128 valence electrons. The van der Waals surface area contributed by atoms with Crippen LogP contribution in [0.5, 0.6) is 0 Å². The maximum atomic E-state index is 12.2. The maximum Gasteiger partial charge on any atom is 0.270 e. The third kappa shape index (κ3) is 3.98. The number of likely N-dealkylation sites (tertiary alicyclic amines) is 1. The number of aliphatic hydroxyl groups is 1. The Kier molecular flexibility index (Phi) is 5.22. The Morgan fingerprint density at radius 2 is 2.29 bits per heavy atom. The molecule has 1 fully saturated rings. The summed E-state index contributed by atoms with van der Waals surface area (Å²) >= 11 is 0. The number of rotatable bonds is 6. The van der Waals surface area contributed by atoms with Crippen LogP contribution in [0.1, 0.15) is 29.4 Å². The zero-order chi connectivity index (χ0) is 16.9. The highest BCUT2D eigenvalue weighted by molar-refractivity contribution is 5.92. The molecule has 2 aromatic rings. The lowest BCUT2D eigenvalue weighted by Crippen LogP contribution is -2.43. The number of pyridine rings is 1. The third-order valence-electron chi connectivity index (χ3n) is 4.12. The molecule has 0 bridgehead atoms. The second-order valence-corrected chi connectivity index (χ2v) is 6.17. The molecule has 0 spiro atoms. The fourth-order valence-corrected chi connectivity index (χ4v) is 2.97. The van der Waals surface area contributed by atoms with Crippen molar-refractivity contribution in [2.24, 2.45) is 0 Å². The Labute approximate surface area is 141 Å². The number of hydrogen-bond acceptors (Lipinski definition) is 5. The summed E-state index contributed by atoms with van der Waals surface area (Å²) in [6.45, 7) is 4.89. The van der Waals surface area contributed by atoms with Crippen molar-refractivity contribution in [3.63, 3.8) is 0 Å². The van der Waals surface area contributed by atoms with Crippen molar-refractivity contribution >= 4 is 5.91 Å². The van der Waals surface area contributed by atoms with Crippen molar-refractivity contribution in [2.75, 3.05) is 13.1 Å². The Bertz CT molecular complexity index is 673. The minimum atomic E-state index is -0.580. The van der Waals surface area contributed by atoms with Gasteiger partial charge in [0.05, 0.1) is 18.3 Å². The van der Waals surface area contributed by atoms with Gasteiger partial charge in [-0.15, -0.1) is 0 Å². The monoisotopic (exact) mass is 329 g/mol. The number of nitrogens with zero attached hydrogens (tertiary/aromatic N) is 4. The molecule has 0 aliphatic carbocycles. The summed E-state index contributed by atoms with van der Waals surface area (Å²) in [5, 5.41) is 17.4. The predicted molar refractivity (Wildman–Crippen MR) is 89.3 cm³/mol. The number of carbonyl (C=O) groups is 1. The van der Waals surface area contributed by atoms with Crippen molar-refractivity contribution in [2.45, 2.75) is 38.6 Å². The van der Waals surface area contributed by atoms with Gasteiger partial charge in [0.15, 0.2) is 0 Å². The quantitative estimate of drug-likeness (QED) is 0.814. The Morgan fingerprint density at radius 1 is 1.42 bits per heavy atom. The van der Waals surface area contributed by atoms with Crippen LogP contribution in [-0.4, -0.2) is 55.9 Å². The van der Waals surface area contributed by atoms with E-state index in [0.717, 1.165) is 25.1 Å². The van der Waals surface area contributed by atoms with Crippen LogP contribution in [-0.2, 0) is 13.1 Å². The zero-order valence-corrected chi connectivity index (χ0v) is 13.8. The Balaban J connectivity index is 1.55. The number of hydrogen-bond donors (Lipinski definition) is 2. The molecule has 24 heavy (non-hydrogen) atoms.